The van der Waals surface area contributed by atoms with Crippen LogP contribution in [0.2, 0.25) is 10.0 Å². The summed E-state index contributed by atoms with van der Waals surface area (Å²) < 4.78 is 0. The van der Waals surface area contributed by atoms with Gasteiger partial charge in [-0.1, -0.05) is 59.6 Å². The Hall–Kier alpha value is -1.28. The molecule has 2 aromatic rings. The Morgan fingerprint density at radius 1 is 0.944 bits per heavy atom. The lowest BCUT2D eigenvalue weighted by Crippen LogP contribution is -1.92. The van der Waals surface area contributed by atoms with Crippen LogP contribution in [0.15, 0.2) is 54.6 Å². The summed E-state index contributed by atoms with van der Waals surface area (Å²) in [5, 5.41) is 11.3. The minimum atomic E-state index is -0.678. The predicted molar refractivity (Wildman–Crippen MR) is 76.9 cm³/mol. The van der Waals surface area contributed by atoms with Crippen LogP contribution in [0, 0.1) is 0 Å². The number of hydrogen-bond acceptors (Lipinski definition) is 1. The molecule has 0 aliphatic carbocycles. The van der Waals surface area contributed by atoms with E-state index >= 15 is 0 Å². The Morgan fingerprint density at radius 2 is 1.61 bits per heavy atom. The molecule has 0 saturated heterocycles. The van der Waals surface area contributed by atoms with Gasteiger partial charge in [0.25, 0.3) is 0 Å². The van der Waals surface area contributed by atoms with Crippen molar-refractivity contribution in [3.8, 4) is 0 Å². The maximum Gasteiger partial charge on any atom is 0.0975 e. The number of hydrogen-bond donors (Lipinski definition) is 1. The Kier molecular flexibility index (Phi) is 4.43. The summed E-state index contributed by atoms with van der Waals surface area (Å²) >= 11 is 11.8. The molecule has 1 N–H and O–H groups in total. The second kappa shape index (κ2) is 6.05. The molecule has 1 unspecified atom stereocenters. The summed E-state index contributed by atoms with van der Waals surface area (Å²) in [5.41, 5.74) is 1.71. The molecule has 92 valence electrons. The minimum Gasteiger partial charge on any atom is -0.384 e. The van der Waals surface area contributed by atoms with E-state index in [2.05, 4.69) is 0 Å². The molecule has 1 atom stereocenters. The molecule has 2 aromatic carbocycles. The summed E-state index contributed by atoms with van der Waals surface area (Å²) in [6, 6.07) is 14.6. The second-order valence-electron chi connectivity index (χ2n) is 3.91. The standard InChI is InChI=1S/C15H12Cl2O/c16-13-5-1-3-11(9-13)7-8-15(18)12-4-2-6-14(17)10-12/h1-10,15,18H/b8-7+. The van der Waals surface area contributed by atoms with Crippen LogP contribution in [0.1, 0.15) is 17.2 Å². The molecule has 0 aliphatic rings. The van der Waals surface area contributed by atoms with Crippen LogP contribution in [-0.4, -0.2) is 5.11 Å². The van der Waals surface area contributed by atoms with Gasteiger partial charge in [0.15, 0.2) is 0 Å². The van der Waals surface area contributed by atoms with Crippen molar-refractivity contribution in [2.75, 3.05) is 0 Å². The largest absolute Gasteiger partial charge is 0.384 e. The van der Waals surface area contributed by atoms with Gasteiger partial charge in [-0.05, 0) is 35.4 Å². The third-order valence-corrected chi connectivity index (χ3v) is 2.98. The molecule has 0 spiro atoms. The highest BCUT2D eigenvalue weighted by Crippen LogP contribution is 2.20. The van der Waals surface area contributed by atoms with E-state index in [0.29, 0.717) is 10.0 Å². The van der Waals surface area contributed by atoms with E-state index in [4.69, 9.17) is 23.2 Å². The highest BCUT2D eigenvalue weighted by molar-refractivity contribution is 6.31. The van der Waals surface area contributed by atoms with E-state index in [0.717, 1.165) is 11.1 Å². The monoisotopic (exact) mass is 278 g/mol. The van der Waals surface area contributed by atoms with Gasteiger partial charge in [0.1, 0.15) is 0 Å². The molecule has 0 saturated carbocycles. The lowest BCUT2D eigenvalue weighted by atomic mass is 10.1. The van der Waals surface area contributed by atoms with E-state index in [-0.39, 0.29) is 0 Å². The van der Waals surface area contributed by atoms with E-state index in [9.17, 15) is 5.11 Å². The highest BCUT2D eigenvalue weighted by atomic mass is 35.5. The minimum absolute atomic E-state index is 0.614. The summed E-state index contributed by atoms with van der Waals surface area (Å²) in [5.74, 6) is 0. The first-order valence-corrected chi connectivity index (χ1v) is 6.28. The molecule has 1 nitrogen and oxygen atoms in total. The van der Waals surface area contributed by atoms with Gasteiger partial charge in [-0.15, -0.1) is 0 Å². The molecule has 0 aliphatic heterocycles. The summed E-state index contributed by atoms with van der Waals surface area (Å²) in [4.78, 5) is 0. The van der Waals surface area contributed by atoms with Crippen molar-refractivity contribution in [3.05, 3.63) is 75.8 Å². The summed E-state index contributed by atoms with van der Waals surface area (Å²) in [6.45, 7) is 0. The smallest absolute Gasteiger partial charge is 0.0975 e. The zero-order valence-electron chi connectivity index (χ0n) is 9.55. The quantitative estimate of drug-likeness (QED) is 0.860. The molecule has 0 aromatic heterocycles. The van der Waals surface area contributed by atoms with Crippen LogP contribution in [0.25, 0.3) is 6.08 Å². The fraction of sp³-hybridized carbons (Fsp3) is 0.0667. The van der Waals surface area contributed by atoms with Crippen molar-refractivity contribution in [1.29, 1.82) is 0 Å². The average molecular weight is 279 g/mol. The van der Waals surface area contributed by atoms with E-state index in [1.165, 1.54) is 0 Å². The molecule has 0 heterocycles. The maximum atomic E-state index is 10.00. The highest BCUT2D eigenvalue weighted by Gasteiger charge is 2.03. The lowest BCUT2D eigenvalue weighted by Gasteiger charge is -2.06. The Bertz CT molecular complexity index is 564. The maximum absolute atomic E-state index is 10.00. The molecule has 3 heteroatoms. The van der Waals surface area contributed by atoms with Gasteiger partial charge in [0.2, 0.25) is 0 Å². The summed E-state index contributed by atoms with van der Waals surface area (Å²) in [7, 11) is 0. The first-order valence-electron chi connectivity index (χ1n) is 5.52. The fourth-order valence-corrected chi connectivity index (χ4v) is 2.01. The third kappa shape index (κ3) is 3.61. The van der Waals surface area contributed by atoms with E-state index in [1.54, 1.807) is 18.2 Å². The first kappa shape index (κ1) is 13.2. The number of rotatable bonds is 3. The first-order chi connectivity index (χ1) is 8.65. The van der Waals surface area contributed by atoms with Gasteiger partial charge in [0.05, 0.1) is 6.10 Å². The zero-order valence-corrected chi connectivity index (χ0v) is 11.1. The number of benzene rings is 2. The van der Waals surface area contributed by atoms with Crippen molar-refractivity contribution in [3.63, 3.8) is 0 Å². The molecule has 0 fully saturated rings. The Labute approximate surface area is 116 Å². The average Bonchev–Trinajstić information content (AvgIpc) is 2.36. The molecule has 0 amide bonds. The lowest BCUT2D eigenvalue weighted by molar-refractivity contribution is 0.229. The van der Waals surface area contributed by atoms with Gasteiger partial charge in [-0.3, -0.25) is 0 Å². The molecular weight excluding hydrogens is 267 g/mol. The molecule has 2 rings (SSSR count). The van der Waals surface area contributed by atoms with Gasteiger partial charge in [-0.25, -0.2) is 0 Å². The molecule has 18 heavy (non-hydrogen) atoms. The van der Waals surface area contributed by atoms with Crippen molar-refractivity contribution < 1.29 is 5.11 Å². The number of halogens is 2. The molecule has 0 radical (unpaired) electrons. The van der Waals surface area contributed by atoms with Gasteiger partial charge < -0.3 is 5.11 Å². The normalized spacial score (nSPS) is 12.8. The Morgan fingerprint density at radius 3 is 2.28 bits per heavy atom. The molecular formula is C15H12Cl2O. The molecule has 0 bridgehead atoms. The number of aliphatic hydroxyl groups is 1. The van der Waals surface area contributed by atoms with Crippen LogP contribution in [-0.2, 0) is 0 Å². The van der Waals surface area contributed by atoms with E-state index in [1.807, 2.05) is 42.5 Å². The van der Waals surface area contributed by atoms with Crippen LogP contribution >= 0.6 is 23.2 Å². The van der Waals surface area contributed by atoms with Gasteiger partial charge in [0, 0.05) is 10.0 Å². The van der Waals surface area contributed by atoms with Crippen LogP contribution < -0.4 is 0 Å². The zero-order chi connectivity index (χ0) is 13.0. The van der Waals surface area contributed by atoms with E-state index < -0.39 is 6.10 Å². The third-order valence-electron chi connectivity index (χ3n) is 2.51. The van der Waals surface area contributed by atoms with Crippen molar-refractivity contribution in [1.82, 2.24) is 0 Å². The SMILES string of the molecule is OC(/C=C/c1cccc(Cl)c1)c1cccc(Cl)c1. The van der Waals surface area contributed by atoms with Crippen molar-refractivity contribution >= 4 is 29.3 Å². The van der Waals surface area contributed by atoms with Crippen LogP contribution in [0.4, 0.5) is 0 Å². The summed E-state index contributed by atoms with van der Waals surface area (Å²) in [6.07, 6.45) is 2.86. The number of aliphatic hydroxyl groups excluding tert-OH is 1. The van der Waals surface area contributed by atoms with Gasteiger partial charge in [-0.2, -0.15) is 0 Å². The van der Waals surface area contributed by atoms with Crippen molar-refractivity contribution in [2.24, 2.45) is 0 Å². The Balaban J connectivity index is 2.14. The van der Waals surface area contributed by atoms with Crippen LogP contribution in [0.3, 0.4) is 0 Å². The topological polar surface area (TPSA) is 20.2 Å². The second-order valence-corrected chi connectivity index (χ2v) is 4.79. The van der Waals surface area contributed by atoms with Crippen molar-refractivity contribution in [2.45, 2.75) is 6.10 Å². The van der Waals surface area contributed by atoms with Crippen LogP contribution in [0.5, 0.6) is 0 Å². The van der Waals surface area contributed by atoms with Gasteiger partial charge >= 0.3 is 0 Å². The predicted octanol–water partition coefficient (Wildman–Crippen LogP) is 4.74. The fourth-order valence-electron chi connectivity index (χ4n) is 1.61.